The number of imidazole rings is 1. The van der Waals surface area contributed by atoms with E-state index in [1.54, 1.807) is 11.6 Å². The molecule has 2 rings (SSSR count). The smallest absolute Gasteiger partial charge is 0.308 e. The molecule has 7 heteroatoms. The van der Waals surface area contributed by atoms with Crippen LogP contribution in [0.25, 0.3) is 11.2 Å². The number of hydrogen-bond donors (Lipinski definition) is 1. The third-order valence-electron chi connectivity index (χ3n) is 2.27. The number of aromatic nitrogens is 4. The summed E-state index contributed by atoms with van der Waals surface area (Å²) in [5.74, 6) is 0. The van der Waals surface area contributed by atoms with Gasteiger partial charge in [-0.15, -0.1) is 0 Å². The number of thioether (sulfide) groups is 1. The van der Waals surface area contributed by atoms with Crippen molar-refractivity contribution < 1.29 is 0 Å². The van der Waals surface area contributed by atoms with Crippen molar-refractivity contribution in [2.75, 3.05) is 6.26 Å². The van der Waals surface area contributed by atoms with Crippen LogP contribution in [-0.4, -0.2) is 25.4 Å². The first-order chi connectivity index (χ1) is 7.06. The van der Waals surface area contributed by atoms with Crippen molar-refractivity contribution in [3.63, 3.8) is 0 Å². The summed E-state index contributed by atoms with van der Waals surface area (Å²) < 4.78 is 2.71. The molecule has 1 N–H and O–H groups in total. The Labute approximate surface area is 88.9 Å². The molecule has 0 aliphatic rings. The Hall–Kier alpha value is -1.50. The van der Waals surface area contributed by atoms with Crippen molar-refractivity contribution in [3.05, 3.63) is 20.8 Å². The Morgan fingerprint density at radius 1 is 1.27 bits per heavy atom. The number of rotatable bonds is 1. The highest BCUT2D eigenvalue weighted by Crippen LogP contribution is 2.15. The molecule has 15 heavy (non-hydrogen) atoms. The summed E-state index contributed by atoms with van der Waals surface area (Å²) >= 11 is 1.42. The van der Waals surface area contributed by atoms with Gasteiger partial charge in [-0.05, 0) is 6.26 Å². The van der Waals surface area contributed by atoms with E-state index in [-0.39, 0.29) is 5.56 Å². The molecule has 0 saturated heterocycles. The minimum absolute atomic E-state index is 0.295. The molecular weight excluding hydrogens is 216 g/mol. The minimum Gasteiger partial charge on any atom is -0.308 e. The molecule has 2 aromatic rings. The summed E-state index contributed by atoms with van der Waals surface area (Å²) in [6, 6.07) is 0. The monoisotopic (exact) mass is 226 g/mol. The summed E-state index contributed by atoms with van der Waals surface area (Å²) in [7, 11) is 3.19. The predicted molar refractivity (Wildman–Crippen MR) is 58.4 cm³/mol. The van der Waals surface area contributed by atoms with Gasteiger partial charge in [-0.2, -0.15) is 0 Å². The molecule has 0 saturated carbocycles. The molecule has 0 spiro atoms. The van der Waals surface area contributed by atoms with Crippen molar-refractivity contribution in [1.29, 1.82) is 0 Å². The first-order valence-electron chi connectivity index (χ1n) is 4.26. The van der Waals surface area contributed by atoms with Crippen LogP contribution in [0.2, 0.25) is 0 Å². The molecule has 0 radical (unpaired) electrons. The zero-order valence-electron chi connectivity index (χ0n) is 8.57. The fourth-order valence-corrected chi connectivity index (χ4v) is 1.94. The first kappa shape index (κ1) is 10.0. The Balaban J connectivity index is 3.03. The van der Waals surface area contributed by atoms with E-state index < -0.39 is 5.69 Å². The van der Waals surface area contributed by atoms with Crippen LogP contribution < -0.4 is 11.2 Å². The van der Waals surface area contributed by atoms with Gasteiger partial charge in [0.25, 0.3) is 5.56 Å². The van der Waals surface area contributed by atoms with Gasteiger partial charge in [0, 0.05) is 14.1 Å². The molecule has 0 unspecified atom stereocenters. The summed E-state index contributed by atoms with van der Waals surface area (Å²) in [5.41, 5.74) is -0.0378. The second-order valence-corrected chi connectivity index (χ2v) is 3.92. The molecule has 0 amide bonds. The van der Waals surface area contributed by atoms with Crippen molar-refractivity contribution >= 4 is 22.9 Å². The van der Waals surface area contributed by atoms with Crippen LogP contribution in [0.1, 0.15) is 0 Å². The van der Waals surface area contributed by atoms with Crippen LogP contribution in [0.4, 0.5) is 0 Å². The van der Waals surface area contributed by atoms with E-state index in [2.05, 4.69) is 9.97 Å². The summed E-state index contributed by atoms with van der Waals surface area (Å²) in [6.45, 7) is 0. The van der Waals surface area contributed by atoms with Crippen molar-refractivity contribution in [2.24, 2.45) is 14.1 Å². The van der Waals surface area contributed by atoms with Gasteiger partial charge in [-0.3, -0.25) is 14.3 Å². The highest BCUT2D eigenvalue weighted by molar-refractivity contribution is 7.98. The van der Waals surface area contributed by atoms with Crippen LogP contribution in [0.3, 0.4) is 0 Å². The first-order valence-corrected chi connectivity index (χ1v) is 5.48. The van der Waals surface area contributed by atoms with Crippen LogP contribution in [0, 0.1) is 0 Å². The normalized spacial score (nSPS) is 11.1. The molecule has 2 heterocycles. The molecule has 0 aliphatic heterocycles. The lowest BCUT2D eigenvalue weighted by atomic mass is 10.5. The number of nitrogens with zero attached hydrogens (tertiary/aromatic N) is 3. The summed E-state index contributed by atoms with van der Waals surface area (Å²) in [6.07, 6.45) is 1.86. The lowest BCUT2D eigenvalue weighted by Crippen LogP contribution is -2.32. The van der Waals surface area contributed by atoms with Crippen LogP contribution in [-0.2, 0) is 14.1 Å². The number of aromatic amines is 1. The maximum absolute atomic E-state index is 11.7. The van der Waals surface area contributed by atoms with E-state index in [1.807, 2.05) is 6.26 Å². The highest BCUT2D eigenvalue weighted by atomic mass is 32.2. The fraction of sp³-hybridized carbons (Fsp3) is 0.375. The van der Waals surface area contributed by atoms with Gasteiger partial charge in [-0.25, -0.2) is 9.78 Å². The topological polar surface area (TPSA) is 72.7 Å². The van der Waals surface area contributed by atoms with Crippen LogP contribution in [0.15, 0.2) is 14.7 Å². The van der Waals surface area contributed by atoms with Crippen molar-refractivity contribution in [2.45, 2.75) is 5.16 Å². The average molecular weight is 226 g/mol. The molecule has 0 fully saturated rings. The van der Waals surface area contributed by atoms with Gasteiger partial charge in [-0.1, -0.05) is 11.8 Å². The lowest BCUT2D eigenvalue weighted by molar-refractivity contribution is 0.774. The number of H-pyrrole nitrogens is 1. The molecule has 0 aromatic carbocycles. The standard InChI is InChI=1S/C8H10N4O2S/c1-11-5-4(9-8(11)15-3)6(13)12(2)7(14)10-5/h1-3H3,(H,10,14). The van der Waals surface area contributed by atoms with E-state index in [4.69, 9.17) is 0 Å². The third kappa shape index (κ3) is 1.30. The molecule has 0 atom stereocenters. The van der Waals surface area contributed by atoms with Gasteiger partial charge in [0.1, 0.15) is 5.65 Å². The van der Waals surface area contributed by atoms with Crippen molar-refractivity contribution in [1.82, 2.24) is 19.1 Å². The maximum Gasteiger partial charge on any atom is 0.329 e. The quantitative estimate of drug-likeness (QED) is 0.676. The third-order valence-corrected chi connectivity index (χ3v) is 3.00. The molecule has 0 bridgehead atoms. The summed E-state index contributed by atoms with van der Waals surface area (Å²) in [4.78, 5) is 29.8. The summed E-state index contributed by atoms with van der Waals surface area (Å²) in [5, 5.41) is 0.698. The Morgan fingerprint density at radius 2 is 1.93 bits per heavy atom. The highest BCUT2D eigenvalue weighted by Gasteiger charge is 2.12. The Bertz CT molecular complexity index is 636. The van der Waals surface area contributed by atoms with Gasteiger partial charge in [0.2, 0.25) is 0 Å². The molecular formula is C8H10N4O2S. The predicted octanol–water partition coefficient (Wildman–Crippen LogP) is -0.318. The second kappa shape index (κ2) is 3.27. The van der Waals surface area contributed by atoms with Crippen molar-refractivity contribution in [3.8, 4) is 0 Å². The number of nitrogens with one attached hydrogen (secondary N) is 1. The van der Waals surface area contributed by atoms with Crippen LogP contribution >= 0.6 is 11.8 Å². The maximum atomic E-state index is 11.7. The fourth-order valence-electron chi connectivity index (χ4n) is 1.39. The van der Waals surface area contributed by atoms with Gasteiger partial charge in [0.05, 0.1) is 0 Å². The van der Waals surface area contributed by atoms with E-state index in [9.17, 15) is 9.59 Å². The Kier molecular flexibility index (Phi) is 2.18. The second-order valence-electron chi connectivity index (χ2n) is 3.15. The zero-order chi connectivity index (χ0) is 11.2. The minimum atomic E-state index is -0.428. The van der Waals surface area contributed by atoms with E-state index in [1.165, 1.54) is 18.8 Å². The van der Waals surface area contributed by atoms with E-state index in [0.29, 0.717) is 16.3 Å². The largest absolute Gasteiger partial charge is 0.329 e. The molecule has 80 valence electrons. The van der Waals surface area contributed by atoms with Crippen LogP contribution in [0.5, 0.6) is 0 Å². The number of hydrogen-bond acceptors (Lipinski definition) is 4. The van der Waals surface area contributed by atoms with Gasteiger partial charge >= 0.3 is 5.69 Å². The Morgan fingerprint density at radius 3 is 2.53 bits per heavy atom. The van der Waals surface area contributed by atoms with E-state index in [0.717, 1.165) is 4.57 Å². The average Bonchev–Trinajstić information content (AvgIpc) is 2.53. The zero-order valence-corrected chi connectivity index (χ0v) is 9.38. The molecule has 0 aliphatic carbocycles. The molecule has 2 aromatic heterocycles. The molecule has 6 nitrogen and oxygen atoms in total. The van der Waals surface area contributed by atoms with Gasteiger partial charge in [0.15, 0.2) is 10.7 Å². The SMILES string of the molecule is CSc1nc2c(=O)n(C)c(=O)[nH]c2n1C. The van der Waals surface area contributed by atoms with Gasteiger partial charge < -0.3 is 4.57 Å². The number of aryl methyl sites for hydroxylation is 1. The van der Waals surface area contributed by atoms with E-state index >= 15 is 0 Å². The lowest BCUT2D eigenvalue weighted by Gasteiger charge is -1.98. The number of fused-ring (bicyclic) bond motifs is 1.